The van der Waals surface area contributed by atoms with E-state index in [-0.39, 0.29) is 11.8 Å². The SMILES string of the molecule is O=C1CC(c2ccc(OCc3ccccc3Br)cc2)c2cn[nH]c2C=N1. The fourth-order valence-electron chi connectivity index (χ4n) is 3.03. The molecule has 1 aliphatic rings. The highest BCUT2D eigenvalue weighted by atomic mass is 79.9. The number of hydrogen-bond acceptors (Lipinski definition) is 3. The fraction of sp³-hybridized carbons (Fsp3) is 0.150. The Morgan fingerprint density at radius 2 is 1.96 bits per heavy atom. The minimum atomic E-state index is -0.131. The lowest BCUT2D eigenvalue weighted by Crippen LogP contribution is -2.05. The molecule has 0 bridgehead atoms. The van der Waals surface area contributed by atoms with Crippen LogP contribution in [-0.4, -0.2) is 22.3 Å². The first-order valence-electron chi connectivity index (χ1n) is 8.27. The lowest BCUT2D eigenvalue weighted by Gasteiger charge is -2.15. The van der Waals surface area contributed by atoms with Crippen molar-refractivity contribution in [2.45, 2.75) is 18.9 Å². The van der Waals surface area contributed by atoms with E-state index >= 15 is 0 Å². The van der Waals surface area contributed by atoms with Gasteiger partial charge in [0, 0.05) is 27.9 Å². The first-order valence-corrected chi connectivity index (χ1v) is 9.06. The van der Waals surface area contributed by atoms with E-state index in [2.05, 4.69) is 31.1 Å². The number of benzene rings is 2. The molecule has 0 saturated heterocycles. The zero-order valence-corrected chi connectivity index (χ0v) is 15.4. The number of aliphatic imine (C=N–C) groups is 1. The van der Waals surface area contributed by atoms with Crippen molar-refractivity contribution in [3.8, 4) is 5.75 Å². The van der Waals surface area contributed by atoms with Gasteiger partial charge in [-0.15, -0.1) is 0 Å². The molecule has 1 aromatic heterocycles. The molecule has 0 saturated carbocycles. The van der Waals surface area contributed by atoms with Gasteiger partial charge in [0.2, 0.25) is 5.91 Å². The van der Waals surface area contributed by atoms with Crippen LogP contribution in [-0.2, 0) is 11.4 Å². The maximum Gasteiger partial charge on any atom is 0.246 e. The fourth-order valence-corrected chi connectivity index (χ4v) is 3.43. The summed E-state index contributed by atoms with van der Waals surface area (Å²) < 4.78 is 6.90. The lowest BCUT2D eigenvalue weighted by atomic mass is 9.89. The quantitative estimate of drug-likeness (QED) is 0.700. The highest BCUT2D eigenvalue weighted by Crippen LogP contribution is 2.32. The van der Waals surface area contributed by atoms with Crippen LogP contribution in [0.1, 0.15) is 34.7 Å². The first kappa shape index (κ1) is 16.7. The highest BCUT2D eigenvalue weighted by Gasteiger charge is 2.24. The Morgan fingerprint density at radius 1 is 1.15 bits per heavy atom. The minimum absolute atomic E-state index is 0.0592. The molecular formula is C20H16BrN3O2. The van der Waals surface area contributed by atoms with Gasteiger partial charge in [-0.05, 0) is 23.8 Å². The number of H-pyrrole nitrogens is 1. The Labute approximate surface area is 159 Å². The third-order valence-corrected chi connectivity index (χ3v) is 5.20. The third-order valence-electron chi connectivity index (χ3n) is 4.43. The van der Waals surface area contributed by atoms with Crippen molar-refractivity contribution in [1.29, 1.82) is 0 Å². The Hall–Kier alpha value is -2.73. The Kier molecular flexibility index (Phi) is 4.67. The minimum Gasteiger partial charge on any atom is -0.489 e. The molecule has 0 aliphatic carbocycles. The number of fused-ring (bicyclic) bond motifs is 1. The lowest BCUT2D eigenvalue weighted by molar-refractivity contribution is -0.117. The number of ether oxygens (including phenoxy) is 1. The van der Waals surface area contributed by atoms with Crippen molar-refractivity contribution in [3.63, 3.8) is 0 Å². The van der Waals surface area contributed by atoms with E-state index in [1.165, 1.54) is 0 Å². The molecule has 6 heteroatoms. The molecule has 1 unspecified atom stereocenters. The van der Waals surface area contributed by atoms with Crippen molar-refractivity contribution in [3.05, 3.63) is 81.6 Å². The van der Waals surface area contributed by atoms with Crippen molar-refractivity contribution in [1.82, 2.24) is 10.2 Å². The number of nitrogens with one attached hydrogen (secondary N) is 1. The van der Waals surface area contributed by atoms with Gasteiger partial charge in [0.05, 0.1) is 18.1 Å². The van der Waals surface area contributed by atoms with Gasteiger partial charge in [-0.2, -0.15) is 5.10 Å². The molecule has 130 valence electrons. The van der Waals surface area contributed by atoms with Crippen LogP contribution in [0.3, 0.4) is 0 Å². The van der Waals surface area contributed by atoms with Crippen LogP contribution in [0.2, 0.25) is 0 Å². The van der Waals surface area contributed by atoms with Gasteiger partial charge in [0.1, 0.15) is 12.4 Å². The van der Waals surface area contributed by atoms with Gasteiger partial charge in [-0.3, -0.25) is 9.89 Å². The average Bonchev–Trinajstić information content (AvgIpc) is 3.07. The number of rotatable bonds is 4. The maximum absolute atomic E-state index is 11.9. The average molecular weight is 410 g/mol. The number of amides is 1. The predicted octanol–water partition coefficient (Wildman–Crippen LogP) is 4.23. The smallest absolute Gasteiger partial charge is 0.246 e. The van der Waals surface area contributed by atoms with Crippen LogP contribution in [0.4, 0.5) is 0 Å². The molecule has 2 heterocycles. The second-order valence-corrected chi connectivity index (χ2v) is 6.95. The van der Waals surface area contributed by atoms with Crippen molar-refractivity contribution in [2.75, 3.05) is 0 Å². The Bertz CT molecular complexity index is 963. The van der Waals surface area contributed by atoms with Crippen molar-refractivity contribution >= 4 is 28.1 Å². The number of aromatic amines is 1. The van der Waals surface area contributed by atoms with Gasteiger partial charge >= 0.3 is 0 Å². The van der Waals surface area contributed by atoms with Crippen LogP contribution in [0.25, 0.3) is 0 Å². The van der Waals surface area contributed by atoms with E-state index < -0.39 is 0 Å². The summed E-state index contributed by atoms with van der Waals surface area (Å²) in [5.74, 6) is 0.595. The van der Waals surface area contributed by atoms with Gasteiger partial charge in [0.25, 0.3) is 0 Å². The monoisotopic (exact) mass is 409 g/mol. The summed E-state index contributed by atoms with van der Waals surface area (Å²) in [7, 11) is 0. The highest BCUT2D eigenvalue weighted by molar-refractivity contribution is 9.10. The van der Waals surface area contributed by atoms with E-state index in [1.807, 2.05) is 48.5 Å². The zero-order valence-electron chi connectivity index (χ0n) is 13.9. The largest absolute Gasteiger partial charge is 0.489 e. The number of aromatic nitrogens is 2. The normalized spacial score (nSPS) is 16.2. The third kappa shape index (κ3) is 3.46. The van der Waals surface area contributed by atoms with E-state index in [0.29, 0.717) is 13.0 Å². The molecular weight excluding hydrogens is 394 g/mol. The van der Waals surface area contributed by atoms with Gasteiger partial charge in [0.15, 0.2) is 0 Å². The molecule has 3 aromatic rings. The van der Waals surface area contributed by atoms with Gasteiger partial charge in [-0.25, -0.2) is 4.99 Å². The number of carbonyl (C=O) groups is 1. The van der Waals surface area contributed by atoms with E-state index in [1.54, 1.807) is 12.4 Å². The second kappa shape index (κ2) is 7.25. The summed E-state index contributed by atoms with van der Waals surface area (Å²) in [5.41, 5.74) is 3.91. The van der Waals surface area contributed by atoms with Crippen LogP contribution in [0, 0.1) is 0 Å². The number of hydrogen-bond donors (Lipinski definition) is 1. The second-order valence-electron chi connectivity index (χ2n) is 6.10. The number of carbonyl (C=O) groups excluding carboxylic acids is 1. The molecule has 1 aliphatic heterocycles. The molecule has 0 radical (unpaired) electrons. The molecule has 1 atom stereocenters. The molecule has 2 aromatic carbocycles. The molecule has 26 heavy (non-hydrogen) atoms. The van der Waals surface area contributed by atoms with E-state index in [9.17, 15) is 4.79 Å². The molecule has 1 amide bonds. The summed E-state index contributed by atoms with van der Waals surface area (Å²) in [6.07, 6.45) is 3.65. The standard InChI is InChI=1S/C20H16BrN3O2/c21-18-4-2-1-3-14(18)12-26-15-7-5-13(6-8-15)16-9-20(25)22-11-19-17(16)10-23-24-19/h1-8,10-11,16H,9,12H2,(H,23,24). The Balaban J connectivity index is 1.51. The number of halogens is 1. The topological polar surface area (TPSA) is 67.3 Å². The number of nitrogens with zero attached hydrogens (tertiary/aromatic N) is 2. The molecule has 5 nitrogen and oxygen atoms in total. The Morgan fingerprint density at radius 3 is 2.77 bits per heavy atom. The van der Waals surface area contributed by atoms with Crippen LogP contribution in [0.5, 0.6) is 5.75 Å². The summed E-state index contributed by atoms with van der Waals surface area (Å²) in [6, 6.07) is 15.8. The predicted molar refractivity (Wildman–Crippen MR) is 103 cm³/mol. The summed E-state index contributed by atoms with van der Waals surface area (Å²) in [4.78, 5) is 15.9. The summed E-state index contributed by atoms with van der Waals surface area (Å²) >= 11 is 3.53. The van der Waals surface area contributed by atoms with Gasteiger partial charge < -0.3 is 4.74 Å². The summed E-state index contributed by atoms with van der Waals surface area (Å²) in [5, 5.41) is 6.97. The molecule has 4 rings (SSSR count). The molecule has 0 fully saturated rings. The van der Waals surface area contributed by atoms with Crippen LogP contribution >= 0.6 is 15.9 Å². The summed E-state index contributed by atoms with van der Waals surface area (Å²) in [6.45, 7) is 0.488. The van der Waals surface area contributed by atoms with Crippen LogP contribution < -0.4 is 4.74 Å². The first-order chi connectivity index (χ1) is 12.7. The van der Waals surface area contributed by atoms with Crippen LogP contribution in [0.15, 0.2) is 64.2 Å². The maximum atomic E-state index is 11.9. The zero-order chi connectivity index (χ0) is 17.9. The van der Waals surface area contributed by atoms with E-state index in [4.69, 9.17) is 4.74 Å². The van der Waals surface area contributed by atoms with Crippen molar-refractivity contribution < 1.29 is 9.53 Å². The van der Waals surface area contributed by atoms with Crippen molar-refractivity contribution in [2.24, 2.45) is 4.99 Å². The molecule has 1 N–H and O–H groups in total. The van der Waals surface area contributed by atoms with E-state index in [0.717, 1.165) is 32.6 Å². The van der Waals surface area contributed by atoms with Gasteiger partial charge in [-0.1, -0.05) is 46.3 Å². The molecule has 0 spiro atoms.